The summed E-state index contributed by atoms with van der Waals surface area (Å²) >= 11 is 2.12. The second-order valence-electron chi connectivity index (χ2n) is 4.66. The lowest BCUT2D eigenvalue weighted by molar-refractivity contribution is 0.102. The maximum absolute atomic E-state index is 12.4. The Bertz CT molecular complexity index is 703. The van der Waals surface area contributed by atoms with E-state index in [1.807, 2.05) is 13.8 Å². The second-order valence-corrected chi connectivity index (χ2v) is 5.82. The molecule has 6 heteroatoms. The number of amides is 1. The third-order valence-electron chi connectivity index (χ3n) is 2.96. The Balaban J connectivity index is 2.29. The van der Waals surface area contributed by atoms with Crippen molar-refractivity contribution in [3.63, 3.8) is 0 Å². The van der Waals surface area contributed by atoms with Gasteiger partial charge < -0.3 is 19.9 Å². The van der Waals surface area contributed by atoms with Gasteiger partial charge in [0.15, 0.2) is 11.5 Å². The number of anilines is 1. The van der Waals surface area contributed by atoms with Crippen LogP contribution >= 0.6 is 22.6 Å². The maximum Gasteiger partial charge on any atom is 0.255 e. The third kappa shape index (κ3) is 4.51. The third-order valence-corrected chi connectivity index (χ3v) is 3.77. The van der Waals surface area contributed by atoms with Gasteiger partial charge >= 0.3 is 0 Å². The molecule has 0 atom stereocenters. The molecule has 1 amide bonds. The van der Waals surface area contributed by atoms with E-state index in [2.05, 4.69) is 27.9 Å². The fourth-order valence-corrected chi connectivity index (χ4v) is 2.79. The van der Waals surface area contributed by atoms with Gasteiger partial charge in [0.2, 0.25) is 0 Å². The fraction of sp³-hybridized carbons (Fsp3) is 0.235. The minimum absolute atomic E-state index is 0.0964. The summed E-state index contributed by atoms with van der Waals surface area (Å²) in [6, 6.07) is 9.81. The summed E-state index contributed by atoms with van der Waals surface area (Å²) < 4.78 is 12.0. The summed E-state index contributed by atoms with van der Waals surface area (Å²) in [4.78, 5) is 12.4. The van der Waals surface area contributed by atoms with Gasteiger partial charge in [0.25, 0.3) is 5.91 Å². The lowest BCUT2D eigenvalue weighted by Gasteiger charge is -2.14. The molecule has 0 aromatic heterocycles. The lowest BCUT2D eigenvalue weighted by Crippen LogP contribution is -2.13. The van der Waals surface area contributed by atoms with Crippen molar-refractivity contribution in [2.24, 2.45) is 0 Å². The Morgan fingerprint density at radius 1 is 1.17 bits per heavy atom. The molecule has 0 fully saturated rings. The number of benzene rings is 2. The Morgan fingerprint density at radius 3 is 2.57 bits per heavy atom. The van der Waals surface area contributed by atoms with Crippen LogP contribution in [0.1, 0.15) is 24.2 Å². The van der Waals surface area contributed by atoms with Crippen molar-refractivity contribution in [1.29, 1.82) is 0 Å². The molecule has 2 rings (SSSR count). The van der Waals surface area contributed by atoms with E-state index in [-0.39, 0.29) is 11.7 Å². The van der Waals surface area contributed by atoms with Gasteiger partial charge in [0.1, 0.15) is 5.75 Å². The van der Waals surface area contributed by atoms with Crippen LogP contribution in [0.25, 0.3) is 0 Å². The number of carbonyl (C=O) groups is 1. The Morgan fingerprint density at radius 2 is 1.91 bits per heavy atom. The molecule has 2 aromatic carbocycles. The Kier molecular flexibility index (Phi) is 6.09. The molecule has 5 nitrogen and oxygen atoms in total. The molecule has 0 aliphatic carbocycles. The van der Waals surface area contributed by atoms with E-state index in [1.54, 1.807) is 30.3 Å². The molecule has 0 heterocycles. The molecule has 0 aliphatic heterocycles. The summed E-state index contributed by atoms with van der Waals surface area (Å²) in [6.45, 7) is 4.77. The Labute approximate surface area is 148 Å². The van der Waals surface area contributed by atoms with Gasteiger partial charge in [-0.3, -0.25) is 4.79 Å². The van der Waals surface area contributed by atoms with Crippen molar-refractivity contribution < 1.29 is 19.4 Å². The summed E-state index contributed by atoms with van der Waals surface area (Å²) in [5.74, 6) is 1.00. The Hall–Kier alpha value is -1.96. The first-order valence-electron chi connectivity index (χ1n) is 7.24. The van der Waals surface area contributed by atoms with Gasteiger partial charge in [0.05, 0.1) is 16.8 Å². The van der Waals surface area contributed by atoms with Crippen LogP contribution in [-0.2, 0) is 0 Å². The topological polar surface area (TPSA) is 67.8 Å². The average molecular weight is 427 g/mol. The first kappa shape index (κ1) is 17.4. The highest BCUT2D eigenvalue weighted by Crippen LogP contribution is 2.34. The second kappa shape index (κ2) is 8.05. The van der Waals surface area contributed by atoms with Crippen LogP contribution in [0.5, 0.6) is 17.2 Å². The number of halogens is 1. The zero-order chi connectivity index (χ0) is 16.8. The van der Waals surface area contributed by atoms with E-state index in [0.29, 0.717) is 36.0 Å². The largest absolute Gasteiger partial charge is 0.508 e. The molecule has 0 aliphatic rings. The number of hydrogen-bond donors (Lipinski definition) is 2. The van der Waals surface area contributed by atoms with Crippen LogP contribution in [0.4, 0.5) is 5.69 Å². The van der Waals surface area contributed by atoms with E-state index in [4.69, 9.17) is 9.47 Å². The van der Waals surface area contributed by atoms with E-state index >= 15 is 0 Å². The van der Waals surface area contributed by atoms with Gasteiger partial charge in [-0.05, 0) is 60.7 Å². The van der Waals surface area contributed by atoms with Crippen molar-refractivity contribution in [3.05, 3.63) is 45.5 Å². The molecule has 0 unspecified atom stereocenters. The van der Waals surface area contributed by atoms with Crippen molar-refractivity contribution in [3.8, 4) is 17.2 Å². The van der Waals surface area contributed by atoms with Gasteiger partial charge in [-0.1, -0.05) is 6.07 Å². The molecular formula is C17H18INO4. The van der Waals surface area contributed by atoms with Gasteiger partial charge in [-0.15, -0.1) is 0 Å². The van der Waals surface area contributed by atoms with Gasteiger partial charge in [-0.25, -0.2) is 0 Å². The molecule has 0 saturated carbocycles. The summed E-state index contributed by atoms with van der Waals surface area (Å²) in [7, 11) is 0. The SMILES string of the molecule is CCOc1cc(C(=O)Nc2cccc(O)c2)cc(I)c1OCC. The molecule has 2 N–H and O–H groups in total. The normalized spacial score (nSPS) is 10.2. The van der Waals surface area contributed by atoms with Crippen LogP contribution in [0.15, 0.2) is 36.4 Å². The van der Waals surface area contributed by atoms with Crippen LogP contribution in [-0.4, -0.2) is 24.2 Å². The van der Waals surface area contributed by atoms with Crippen molar-refractivity contribution in [2.45, 2.75) is 13.8 Å². The zero-order valence-corrected chi connectivity index (χ0v) is 15.1. The first-order valence-corrected chi connectivity index (χ1v) is 8.32. The lowest BCUT2D eigenvalue weighted by atomic mass is 10.1. The highest BCUT2D eigenvalue weighted by Gasteiger charge is 2.16. The quantitative estimate of drug-likeness (QED) is 0.683. The summed E-state index contributed by atoms with van der Waals surface area (Å²) in [5, 5.41) is 12.2. The van der Waals surface area contributed by atoms with Crippen LogP contribution in [0.2, 0.25) is 0 Å². The number of phenolic OH excluding ortho intramolecular Hbond substituents is 1. The van der Waals surface area contributed by atoms with Crippen LogP contribution < -0.4 is 14.8 Å². The van der Waals surface area contributed by atoms with Crippen LogP contribution in [0, 0.1) is 3.57 Å². The number of rotatable bonds is 6. The number of hydrogen-bond acceptors (Lipinski definition) is 4. The highest BCUT2D eigenvalue weighted by molar-refractivity contribution is 14.1. The molecule has 0 spiro atoms. The van der Waals surface area contributed by atoms with Crippen LogP contribution in [0.3, 0.4) is 0 Å². The summed E-state index contributed by atoms with van der Waals surface area (Å²) in [5.41, 5.74) is 0.987. The van der Waals surface area contributed by atoms with Crippen molar-refractivity contribution in [2.75, 3.05) is 18.5 Å². The molecule has 23 heavy (non-hydrogen) atoms. The van der Waals surface area contributed by atoms with Gasteiger partial charge in [0, 0.05) is 17.3 Å². The van der Waals surface area contributed by atoms with Crippen molar-refractivity contribution in [1.82, 2.24) is 0 Å². The highest BCUT2D eigenvalue weighted by atomic mass is 127. The number of ether oxygens (including phenoxy) is 2. The average Bonchev–Trinajstić information content (AvgIpc) is 2.50. The molecule has 0 bridgehead atoms. The fourth-order valence-electron chi connectivity index (χ4n) is 2.03. The number of phenols is 1. The van der Waals surface area contributed by atoms with E-state index < -0.39 is 0 Å². The predicted molar refractivity (Wildman–Crippen MR) is 97.6 cm³/mol. The molecule has 0 radical (unpaired) electrons. The van der Waals surface area contributed by atoms with Crippen molar-refractivity contribution >= 4 is 34.2 Å². The molecular weight excluding hydrogens is 409 g/mol. The minimum atomic E-state index is -0.280. The first-order chi connectivity index (χ1) is 11.0. The number of nitrogens with one attached hydrogen (secondary N) is 1. The smallest absolute Gasteiger partial charge is 0.255 e. The maximum atomic E-state index is 12.4. The molecule has 122 valence electrons. The monoisotopic (exact) mass is 427 g/mol. The number of aromatic hydroxyl groups is 1. The minimum Gasteiger partial charge on any atom is -0.508 e. The molecule has 2 aromatic rings. The standard InChI is InChI=1S/C17H18INO4/c1-3-22-15-9-11(8-14(18)16(15)23-4-2)17(21)19-12-6-5-7-13(20)10-12/h5-10,20H,3-4H2,1-2H3,(H,19,21). The summed E-state index contributed by atoms with van der Waals surface area (Å²) in [6.07, 6.45) is 0. The molecule has 0 saturated heterocycles. The van der Waals surface area contributed by atoms with E-state index in [0.717, 1.165) is 3.57 Å². The predicted octanol–water partition coefficient (Wildman–Crippen LogP) is 4.05. The van der Waals surface area contributed by atoms with Gasteiger partial charge in [-0.2, -0.15) is 0 Å². The zero-order valence-electron chi connectivity index (χ0n) is 12.9. The van der Waals surface area contributed by atoms with E-state index in [1.165, 1.54) is 6.07 Å². The number of carbonyl (C=O) groups excluding carboxylic acids is 1. The van der Waals surface area contributed by atoms with E-state index in [9.17, 15) is 9.90 Å².